The highest BCUT2D eigenvalue weighted by Gasteiger charge is 2.26. The lowest BCUT2D eigenvalue weighted by molar-refractivity contribution is 0.0755. The Bertz CT molecular complexity index is 1420. The van der Waals surface area contributed by atoms with Gasteiger partial charge in [0.2, 0.25) is 5.78 Å². The molecule has 0 amide bonds. The maximum atomic E-state index is 13.5. The number of carbonyl (C=O) groups is 1. The second-order valence-electron chi connectivity index (χ2n) is 9.28. The van der Waals surface area contributed by atoms with E-state index in [1.165, 1.54) is 11.3 Å². The van der Waals surface area contributed by atoms with Gasteiger partial charge >= 0.3 is 0 Å². The molecule has 8 heteroatoms. The minimum Gasteiger partial charge on any atom is -0.508 e. The molecule has 5 nitrogen and oxygen atoms in total. The van der Waals surface area contributed by atoms with E-state index < -0.39 is 0 Å². The predicted molar refractivity (Wildman–Crippen MR) is 146 cm³/mol. The Morgan fingerprint density at radius 2 is 1.86 bits per heavy atom. The largest absolute Gasteiger partial charge is 0.508 e. The van der Waals surface area contributed by atoms with Crippen LogP contribution in [0.4, 0.5) is 4.39 Å². The summed E-state index contributed by atoms with van der Waals surface area (Å²) in [5, 5.41) is 11.3. The van der Waals surface area contributed by atoms with Crippen molar-refractivity contribution < 1.29 is 23.8 Å². The SMILES string of the molecule is Cc1cc(Cl)ccc1C(=O)c1sc2cc(O)ccc2c1Oc1ccc(OCCCN2CC(CF)C2)cc1. The average molecular weight is 540 g/mol. The molecule has 0 saturated carbocycles. The van der Waals surface area contributed by atoms with Crippen LogP contribution in [0, 0.1) is 12.8 Å². The van der Waals surface area contributed by atoms with E-state index in [4.69, 9.17) is 21.1 Å². The standard InChI is InChI=1S/C29H27ClFNO4S/c1-18-13-20(30)3-9-24(18)27(34)29-28(25-10-4-21(33)14-26(25)37-29)36-23-7-5-22(6-8-23)35-12-2-11-32-16-19(15-31)17-32/h3-10,13-14,19,33H,2,11-12,15-17H2,1H3. The Morgan fingerprint density at radius 1 is 1.11 bits per heavy atom. The molecule has 1 saturated heterocycles. The zero-order chi connectivity index (χ0) is 25.9. The van der Waals surface area contributed by atoms with Crippen LogP contribution in [0.25, 0.3) is 10.1 Å². The van der Waals surface area contributed by atoms with Crippen LogP contribution in [0.1, 0.15) is 27.2 Å². The normalized spacial score (nSPS) is 14.0. The van der Waals surface area contributed by atoms with Crippen molar-refractivity contribution in [2.45, 2.75) is 13.3 Å². The van der Waals surface area contributed by atoms with E-state index in [1.54, 1.807) is 36.4 Å². The second-order valence-corrected chi connectivity index (χ2v) is 10.8. The highest BCUT2D eigenvalue weighted by atomic mass is 35.5. The molecule has 1 N–H and O–H groups in total. The number of aryl methyl sites for hydroxylation is 1. The van der Waals surface area contributed by atoms with Gasteiger partial charge < -0.3 is 19.5 Å². The predicted octanol–water partition coefficient (Wildman–Crippen LogP) is 7.26. The van der Waals surface area contributed by atoms with Crippen molar-refractivity contribution in [3.05, 3.63) is 81.7 Å². The quantitative estimate of drug-likeness (QED) is 0.170. The van der Waals surface area contributed by atoms with Crippen LogP contribution in [0.3, 0.4) is 0 Å². The number of ketones is 1. The number of aromatic hydroxyl groups is 1. The first-order valence-electron chi connectivity index (χ1n) is 12.2. The van der Waals surface area contributed by atoms with Crippen LogP contribution in [-0.2, 0) is 0 Å². The van der Waals surface area contributed by atoms with Crippen LogP contribution >= 0.6 is 22.9 Å². The molecular weight excluding hydrogens is 513 g/mol. The Balaban J connectivity index is 1.30. The Hall–Kier alpha value is -3.13. The van der Waals surface area contributed by atoms with Gasteiger partial charge in [-0.2, -0.15) is 0 Å². The van der Waals surface area contributed by atoms with Crippen molar-refractivity contribution >= 4 is 38.8 Å². The van der Waals surface area contributed by atoms with E-state index in [0.29, 0.717) is 33.6 Å². The lowest BCUT2D eigenvalue weighted by atomic mass is 10.0. The maximum Gasteiger partial charge on any atom is 0.207 e. The van der Waals surface area contributed by atoms with Gasteiger partial charge in [0.15, 0.2) is 5.75 Å². The van der Waals surface area contributed by atoms with Crippen LogP contribution in [-0.4, -0.2) is 48.7 Å². The number of halogens is 2. The minimum atomic E-state index is -0.235. The van der Waals surface area contributed by atoms with Gasteiger partial charge in [0.25, 0.3) is 0 Å². The first-order chi connectivity index (χ1) is 17.9. The van der Waals surface area contributed by atoms with Gasteiger partial charge in [-0.25, -0.2) is 0 Å². The van der Waals surface area contributed by atoms with Crippen molar-refractivity contribution in [1.82, 2.24) is 4.90 Å². The number of nitrogens with zero attached hydrogens (tertiary/aromatic N) is 1. The molecule has 2 heterocycles. The number of ether oxygens (including phenoxy) is 2. The highest BCUT2D eigenvalue weighted by Crippen LogP contribution is 2.43. The number of phenols is 1. The number of thiophene rings is 1. The van der Waals surface area contributed by atoms with E-state index >= 15 is 0 Å². The third kappa shape index (κ3) is 5.74. The maximum absolute atomic E-state index is 13.5. The fourth-order valence-corrected chi connectivity index (χ4v) is 5.82. The van der Waals surface area contributed by atoms with Crippen LogP contribution in [0.15, 0.2) is 60.7 Å². The van der Waals surface area contributed by atoms with Crippen molar-refractivity contribution in [3.8, 4) is 23.0 Å². The monoisotopic (exact) mass is 539 g/mol. The molecule has 1 aliphatic rings. The van der Waals surface area contributed by atoms with E-state index in [0.717, 1.165) is 47.5 Å². The summed E-state index contributed by atoms with van der Waals surface area (Å²) in [5.74, 6) is 1.91. The number of alkyl halides is 1. The summed E-state index contributed by atoms with van der Waals surface area (Å²) >= 11 is 7.37. The number of rotatable bonds is 10. The van der Waals surface area contributed by atoms with Crippen LogP contribution in [0.2, 0.25) is 5.02 Å². The van der Waals surface area contributed by atoms with Gasteiger partial charge in [-0.05, 0) is 79.6 Å². The Kier molecular flexibility index (Phi) is 7.65. The van der Waals surface area contributed by atoms with Crippen LogP contribution in [0.5, 0.6) is 23.0 Å². The van der Waals surface area contributed by atoms with Gasteiger partial charge in [0.05, 0.1) is 13.3 Å². The van der Waals surface area contributed by atoms with E-state index in [9.17, 15) is 14.3 Å². The number of carbonyl (C=O) groups excluding carboxylic acids is 1. The molecule has 4 aromatic rings. The van der Waals surface area contributed by atoms with E-state index in [2.05, 4.69) is 4.90 Å². The smallest absolute Gasteiger partial charge is 0.207 e. The van der Waals surface area contributed by atoms with Gasteiger partial charge in [-0.3, -0.25) is 9.18 Å². The molecule has 1 aliphatic heterocycles. The van der Waals surface area contributed by atoms with E-state index in [-0.39, 0.29) is 24.1 Å². The number of hydrogen-bond acceptors (Lipinski definition) is 6. The summed E-state index contributed by atoms with van der Waals surface area (Å²) < 4.78 is 25.4. The summed E-state index contributed by atoms with van der Waals surface area (Å²) in [5.41, 5.74) is 1.33. The molecule has 192 valence electrons. The first kappa shape index (κ1) is 25.5. The number of benzene rings is 3. The summed E-state index contributed by atoms with van der Waals surface area (Å²) in [7, 11) is 0. The fraction of sp³-hybridized carbons (Fsp3) is 0.276. The molecule has 0 aliphatic carbocycles. The topological polar surface area (TPSA) is 59.0 Å². The fourth-order valence-electron chi connectivity index (χ4n) is 4.47. The van der Waals surface area contributed by atoms with Crippen LogP contribution < -0.4 is 9.47 Å². The number of hydrogen-bond donors (Lipinski definition) is 1. The van der Waals surface area contributed by atoms with E-state index in [1.807, 2.05) is 31.2 Å². The molecule has 0 radical (unpaired) electrons. The Morgan fingerprint density at radius 3 is 2.59 bits per heavy atom. The Labute approximate surface area is 224 Å². The molecule has 3 aromatic carbocycles. The molecule has 37 heavy (non-hydrogen) atoms. The van der Waals surface area contributed by atoms with Crippen molar-refractivity contribution in [1.29, 1.82) is 0 Å². The summed E-state index contributed by atoms with van der Waals surface area (Å²) in [6, 6.07) is 17.4. The van der Waals surface area contributed by atoms with Gasteiger partial charge in [-0.15, -0.1) is 11.3 Å². The van der Waals surface area contributed by atoms with Gasteiger partial charge in [-0.1, -0.05) is 11.6 Å². The number of fused-ring (bicyclic) bond motifs is 1. The zero-order valence-electron chi connectivity index (χ0n) is 20.4. The molecule has 5 rings (SSSR count). The lowest BCUT2D eigenvalue weighted by Crippen LogP contribution is -2.48. The molecule has 0 atom stereocenters. The first-order valence-corrected chi connectivity index (χ1v) is 13.4. The highest BCUT2D eigenvalue weighted by molar-refractivity contribution is 7.21. The van der Waals surface area contributed by atoms with Gasteiger partial charge in [0, 0.05) is 46.2 Å². The number of phenolic OH excluding ortho intramolecular Hbond substituents is 1. The second kappa shape index (κ2) is 11.1. The summed E-state index contributed by atoms with van der Waals surface area (Å²) in [4.78, 5) is 16.2. The van der Waals surface area contributed by atoms with Crippen molar-refractivity contribution in [3.63, 3.8) is 0 Å². The summed E-state index contributed by atoms with van der Waals surface area (Å²) in [6.07, 6.45) is 0.876. The molecule has 0 unspecified atom stereocenters. The zero-order valence-corrected chi connectivity index (χ0v) is 21.9. The lowest BCUT2D eigenvalue weighted by Gasteiger charge is -2.37. The third-order valence-corrected chi connectivity index (χ3v) is 7.82. The van der Waals surface area contributed by atoms with Crippen molar-refractivity contribution in [2.24, 2.45) is 5.92 Å². The number of likely N-dealkylation sites (tertiary alicyclic amines) is 1. The third-order valence-electron chi connectivity index (χ3n) is 6.45. The molecule has 0 bridgehead atoms. The van der Waals surface area contributed by atoms with Crippen molar-refractivity contribution in [2.75, 3.05) is 32.9 Å². The average Bonchev–Trinajstić information content (AvgIpc) is 3.20. The minimum absolute atomic E-state index is 0.125. The molecule has 0 spiro atoms. The van der Waals surface area contributed by atoms with Gasteiger partial charge in [0.1, 0.15) is 22.1 Å². The molecule has 1 aromatic heterocycles. The molecular formula is C29H27ClFNO4S. The summed E-state index contributed by atoms with van der Waals surface area (Å²) in [6.45, 7) is 4.77. The molecule has 1 fully saturated rings.